The molecule has 2 aromatic rings. The van der Waals surface area contributed by atoms with Crippen molar-refractivity contribution >= 4 is 5.82 Å². The molecule has 0 unspecified atom stereocenters. The van der Waals surface area contributed by atoms with Gasteiger partial charge in [0.1, 0.15) is 12.7 Å². The van der Waals surface area contributed by atoms with Crippen LogP contribution in [0.25, 0.3) is 0 Å². The second kappa shape index (κ2) is 3.58. The summed E-state index contributed by atoms with van der Waals surface area (Å²) < 4.78 is 7.06. The van der Waals surface area contributed by atoms with Crippen LogP contribution in [0.15, 0.2) is 36.5 Å². The average Bonchev–Trinajstić information content (AvgIpc) is 2.88. The Balaban J connectivity index is 1.91. The minimum atomic E-state index is -0.451. The first-order valence-electron chi connectivity index (χ1n) is 5.17. The zero-order valence-corrected chi connectivity index (χ0v) is 8.81. The van der Waals surface area contributed by atoms with Crippen LogP contribution >= 0.6 is 0 Å². The summed E-state index contributed by atoms with van der Waals surface area (Å²) in [5.74, 6) is -0.0292. The van der Waals surface area contributed by atoms with Gasteiger partial charge in [0.05, 0.1) is 0 Å². The Morgan fingerprint density at radius 3 is 2.88 bits per heavy atom. The molecule has 1 atom stereocenters. The van der Waals surface area contributed by atoms with E-state index in [9.17, 15) is 10.1 Å². The number of hydrogen-bond donors (Lipinski definition) is 0. The lowest BCUT2D eigenvalue weighted by molar-refractivity contribution is -0.392. The number of nitrogens with zero attached hydrogens (tertiary/aromatic N) is 3. The van der Waals surface area contributed by atoms with E-state index in [2.05, 4.69) is 4.98 Å². The summed E-state index contributed by atoms with van der Waals surface area (Å²) in [5, 5.41) is 10.8. The highest BCUT2D eigenvalue weighted by molar-refractivity contribution is 5.28. The molecule has 86 valence electrons. The van der Waals surface area contributed by atoms with Gasteiger partial charge >= 0.3 is 11.8 Å². The summed E-state index contributed by atoms with van der Waals surface area (Å²) in [6.45, 7) is 0.426. The van der Waals surface area contributed by atoms with Crippen molar-refractivity contribution in [2.45, 2.75) is 12.6 Å². The zero-order valence-electron chi connectivity index (χ0n) is 8.81. The molecule has 0 amide bonds. The van der Waals surface area contributed by atoms with Crippen LogP contribution in [0.5, 0.6) is 6.01 Å². The average molecular weight is 231 g/mol. The van der Waals surface area contributed by atoms with Crippen molar-refractivity contribution in [2.75, 3.05) is 0 Å². The summed E-state index contributed by atoms with van der Waals surface area (Å²) in [6.07, 6.45) is 1.02. The third-order valence-electron chi connectivity index (χ3n) is 2.75. The fourth-order valence-electron chi connectivity index (χ4n) is 1.93. The van der Waals surface area contributed by atoms with Gasteiger partial charge in [-0.1, -0.05) is 30.3 Å². The van der Waals surface area contributed by atoms with Crippen LogP contribution in [0.4, 0.5) is 5.82 Å². The predicted molar refractivity (Wildman–Crippen MR) is 58.7 cm³/mol. The van der Waals surface area contributed by atoms with E-state index in [1.807, 2.05) is 30.3 Å². The molecule has 1 aliphatic rings. The monoisotopic (exact) mass is 231 g/mol. The Labute approximate surface area is 96.6 Å². The number of benzene rings is 1. The molecule has 1 aromatic heterocycles. The van der Waals surface area contributed by atoms with E-state index in [1.54, 1.807) is 0 Å². The van der Waals surface area contributed by atoms with Gasteiger partial charge in [0.25, 0.3) is 0 Å². The predicted octanol–water partition coefficient (Wildman–Crippen LogP) is 1.92. The van der Waals surface area contributed by atoms with Gasteiger partial charge in [0.2, 0.25) is 0 Å². The van der Waals surface area contributed by atoms with Gasteiger partial charge in [-0.25, -0.2) is 0 Å². The van der Waals surface area contributed by atoms with Crippen molar-refractivity contribution in [1.82, 2.24) is 9.55 Å². The normalized spacial score (nSPS) is 17.5. The minimum Gasteiger partial charge on any atom is -0.435 e. The zero-order chi connectivity index (χ0) is 11.8. The quantitative estimate of drug-likeness (QED) is 0.584. The lowest BCUT2D eigenvalue weighted by Gasteiger charge is -2.06. The van der Waals surface area contributed by atoms with E-state index in [0.29, 0.717) is 12.6 Å². The number of rotatable bonds is 2. The van der Waals surface area contributed by atoms with Crippen LogP contribution in [0.1, 0.15) is 11.7 Å². The van der Waals surface area contributed by atoms with Crippen molar-refractivity contribution in [3.8, 4) is 6.01 Å². The highest BCUT2D eigenvalue weighted by Crippen LogP contribution is 2.33. The van der Waals surface area contributed by atoms with Gasteiger partial charge in [0.15, 0.2) is 6.10 Å². The largest absolute Gasteiger partial charge is 0.435 e. The van der Waals surface area contributed by atoms with Crippen molar-refractivity contribution in [2.24, 2.45) is 0 Å². The minimum absolute atomic E-state index is 0.0292. The van der Waals surface area contributed by atoms with Crippen LogP contribution in [0.3, 0.4) is 0 Å². The first-order chi connectivity index (χ1) is 8.25. The van der Waals surface area contributed by atoms with Gasteiger partial charge in [-0.3, -0.25) is 0 Å². The lowest BCUT2D eigenvalue weighted by atomic mass is 10.1. The second-order valence-electron chi connectivity index (χ2n) is 3.78. The fraction of sp³-hybridized carbons (Fsp3) is 0.182. The number of ether oxygens (including phenoxy) is 1. The summed E-state index contributed by atoms with van der Waals surface area (Å²) in [5.41, 5.74) is 0.993. The molecule has 6 nitrogen and oxygen atoms in total. The van der Waals surface area contributed by atoms with Crippen molar-refractivity contribution < 1.29 is 9.66 Å². The molecule has 0 bridgehead atoms. The number of imidazole rings is 1. The summed E-state index contributed by atoms with van der Waals surface area (Å²) >= 11 is 0. The van der Waals surface area contributed by atoms with E-state index in [0.717, 1.165) is 5.56 Å². The number of hydrogen-bond acceptors (Lipinski definition) is 4. The van der Waals surface area contributed by atoms with Crippen molar-refractivity contribution in [1.29, 1.82) is 0 Å². The molecule has 0 saturated heterocycles. The maximum Gasteiger partial charge on any atom is 0.391 e. The Kier molecular flexibility index (Phi) is 2.07. The molecule has 2 heterocycles. The Hall–Kier alpha value is -2.37. The molecule has 3 rings (SSSR count). The molecule has 0 saturated carbocycles. The smallest absolute Gasteiger partial charge is 0.391 e. The molecular weight excluding hydrogens is 222 g/mol. The van der Waals surface area contributed by atoms with Gasteiger partial charge in [-0.05, 0) is 10.5 Å². The second-order valence-corrected chi connectivity index (χ2v) is 3.78. The standard InChI is InChI=1S/C11H9N3O3/c15-14(16)10-6-12-11-13(10)7-9(17-11)8-4-2-1-3-5-8/h1-6,9H,7H2/t9-/m0/s1. The van der Waals surface area contributed by atoms with Crippen LogP contribution in [0.2, 0.25) is 0 Å². The number of aromatic nitrogens is 2. The number of nitro groups is 1. The molecule has 1 aliphatic heterocycles. The third-order valence-corrected chi connectivity index (χ3v) is 2.75. The molecule has 0 aliphatic carbocycles. The molecule has 1 aromatic carbocycles. The lowest BCUT2D eigenvalue weighted by Crippen LogP contribution is -2.06. The molecule has 0 fully saturated rings. The summed E-state index contributed by atoms with van der Waals surface area (Å²) in [4.78, 5) is 14.2. The van der Waals surface area contributed by atoms with Crippen LogP contribution < -0.4 is 4.74 Å². The summed E-state index contributed by atoms with van der Waals surface area (Å²) in [6, 6.07) is 9.92. The molecule has 17 heavy (non-hydrogen) atoms. The first-order valence-corrected chi connectivity index (χ1v) is 5.17. The maximum absolute atomic E-state index is 10.8. The molecular formula is C11H9N3O3. The first kappa shape index (κ1) is 9.83. The van der Waals surface area contributed by atoms with Gasteiger partial charge < -0.3 is 14.9 Å². The Bertz CT molecular complexity index is 565. The molecule has 0 N–H and O–H groups in total. The van der Waals surface area contributed by atoms with Gasteiger partial charge in [-0.15, -0.1) is 0 Å². The van der Waals surface area contributed by atoms with E-state index < -0.39 is 4.92 Å². The molecule has 0 radical (unpaired) electrons. The van der Waals surface area contributed by atoms with E-state index >= 15 is 0 Å². The van der Waals surface area contributed by atoms with E-state index in [-0.39, 0.29) is 11.9 Å². The van der Waals surface area contributed by atoms with E-state index in [1.165, 1.54) is 10.8 Å². The summed E-state index contributed by atoms with van der Waals surface area (Å²) in [7, 11) is 0. The van der Waals surface area contributed by atoms with Gasteiger partial charge in [0, 0.05) is 0 Å². The molecule has 0 spiro atoms. The number of fused-ring (bicyclic) bond motifs is 1. The van der Waals surface area contributed by atoms with Crippen molar-refractivity contribution in [3.05, 3.63) is 52.2 Å². The highest BCUT2D eigenvalue weighted by Gasteiger charge is 2.34. The van der Waals surface area contributed by atoms with Crippen LogP contribution in [0, 0.1) is 10.1 Å². The van der Waals surface area contributed by atoms with Crippen molar-refractivity contribution in [3.63, 3.8) is 0 Å². The van der Waals surface area contributed by atoms with E-state index in [4.69, 9.17) is 4.74 Å². The van der Waals surface area contributed by atoms with Crippen LogP contribution in [-0.2, 0) is 6.54 Å². The molecule has 6 heteroatoms. The van der Waals surface area contributed by atoms with Crippen LogP contribution in [-0.4, -0.2) is 14.5 Å². The Morgan fingerprint density at radius 1 is 1.41 bits per heavy atom. The maximum atomic E-state index is 10.8. The topological polar surface area (TPSA) is 70.2 Å². The fourth-order valence-corrected chi connectivity index (χ4v) is 1.93. The highest BCUT2D eigenvalue weighted by atomic mass is 16.6. The van der Waals surface area contributed by atoms with Gasteiger partial charge in [-0.2, -0.15) is 9.55 Å². The SMILES string of the molecule is O=[N+]([O-])c1cnc2n1C[C@@H](c1ccccc1)O2. The third kappa shape index (κ3) is 1.54. The Morgan fingerprint density at radius 2 is 2.18 bits per heavy atom.